The van der Waals surface area contributed by atoms with E-state index in [1.165, 1.54) is 0 Å². The van der Waals surface area contributed by atoms with Crippen molar-refractivity contribution in [1.29, 1.82) is 0 Å². The topological polar surface area (TPSA) is 95.7 Å². The maximum Gasteiger partial charge on any atom is 0.325 e. The second kappa shape index (κ2) is 4.85. The monoisotopic (exact) mass is 255 g/mol. The molecular weight excluding hydrogens is 234 g/mol. The van der Waals surface area contributed by atoms with Crippen molar-refractivity contribution in [3.05, 3.63) is 0 Å². The zero-order valence-corrected chi connectivity index (χ0v) is 10.7. The maximum absolute atomic E-state index is 12.5. The van der Waals surface area contributed by atoms with E-state index in [4.69, 9.17) is 5.73 Å². The second-order valence-corrected chi connectivity index (χ2v) is 5.34. The molecule has 0 aromatic carbocycles. The summed E-state index contributed by atoms with van der Waals surface area (Å²) >= 11 is 0. The molecule has 102 valence electrons. The Morgan fingerprint density at radius 3 is 2.89 bits per heavy atom. The van der Waals surface area contributed by atoms with E-state index in [1.807, 2.05) is 0 Å². The molecule has 1 heterocycles. The number of nitrogens with one attached hydrogen (secondary N) is 1. The fourth-order valence-corrected chi connectivity index (χ4v) is 3.09. The van der Waals surface area contributed by atoms with Crippen LogP contribution in [0.5, 0.6) is 0 Å². The Balaban J connectivity index is 2.24. The fraction of sp³-hybridized carbons (Fsp3) is 0.833. The molecule has 2 fully saturated rings. The molecule has 4 N–H and O–H groups in total. The molecule has 1 aliphatic heterocycles. The number of β-amino-alcohol motifs (C(OH)–C–C–N with tert-alkyl or cyclic N) is 1. The summed E-state index contributed by atoms with van der Waals surface area (Å²) in [4.78, 5) is 25.5. The van der Waals surface area contributed by atoms with Crippen LogP contribution in [-0.2, 0) is 4.79 Å². The highest BCUT2D eigenvalue weighted by molar-refractivity contribution is 6.07. The van der Waals surface area contributed by atoms with E-state index in [9.17, 15) is 14.7 Å². The van der Waals surface area contributed by atoms with Crippen molar-refractivity contribution in [2.24, 2.45) is 11.7 Å². The predicted molar refractivity (Wildman–Crippen MR) is 65.7 cm³/mol. The standard InChI is InChI=1S/C12H21N3O3/c1-8(16)7-15-10(17)12(14-11(15)18)5-3-2-4-9(12)6-13/h8-9,16H,2-7,13H2,1H3,(H,14,18). The summed E-state index contributed by atoms with van der Waals surface area (Å²) < 4.78 is 0. The van der Waals surface area contributed by atoms with Crippen LogP contribution in [0.4, 0.5) is 4.79 Å². The first-order valence-corrected chi connectivity index (χ1v) is 6.53. The van der Waals surface area contributed by atoms with Crippen molar-refractivity contribution in [3.63, 3.8) is 0 Å². The van der Waals surface area contributed by atoms with E-state index >= 15 is 0 Å². The summed E-state index contributed by atoms with van der Waals surface area (Å²) in [7, 11) is 0. The number of aliphatic hydroxyl groups excluding tert-OH is 1. The Labute approximate surface area is 107 Å². The molecule has 2 rings (SSSR count). The Hall–Kier alpha value is -1.14. The number of aliphatic hydroxyl groups is 1. The van der Waals surface area contributed by atoms with Gasteiger partial charge >= 0.3 is 6.03 Å². The van der Waals surface area contributed by atoms with Crippen LogP contribution in [0.1, 0.15) is 32.6 Å². The zero-order valence-electron chi connectivity index (χ0n) is 10.7. The van der Waals surface area contributed by atoms with E-state index in [1.54, 1.807) is 6.92 Å². The normalized spacial score (nSPS) is 33.9. The summed E-state index contributed by atoms with van der Waals surface area (Å²) in [5, 5.41) is 12.2. The smallest absolute Gasteiger partial charge is 0.325 e. The number of rotatable bonds is 3. The average Bonchev–Trinajstić information content (AvgIpc) is 2.55. The molecule has 3 unspecified atom stereocenters. The van der Waals surface area contributed by atoms with Gasteiger partial charge in [0, 0.05) is 5.92 Å². The van der Waals surface area contributed by atoms with Crippen LogP contribution in [0.25, 0.3) is 0 Å². The summed E-state index contributed by atoms with van der Waals surface area (Å²) in [6, 6.07) is -0.402. The minimum Gasteiger partial charge on any atom is -0.392 e. The average molecular weight is 255 g/mol. The van der Waals surface area contributed by atoms with Gasteiger partial charge in [0.2, 0.25) is 0 Å². The van der Waals surface area contributed by atoms with Crippen LogP contribution in [-0.4, -0.2) is 46.7 Å². The van der Waals surface area contributed by atoms with Crippen molar-refractivity contribution in [3.8, 4) is 0 Å². The van der Waals surface area contributed by atoms with Gasteiger partial charge in [-0.2, -0.15) is 0 Å². The third-order valence-corrected chi connectivity index (χ3v) is 4.00. The van der Waals surface area contributed by atoms with Gasteiger partial charge in [0.1, 0.15) is 5.54 Å². The first kappa shape index (κ1) is 13.3. The molecule has 0 aromatic rings. The number of carbonyl (C=O) groups excluding carboxylic acids is 2. The highest BCUT2D eigenvalue weighted by Crippen LogP contribution is 2.37. The van der Waals surface area contributed by atoms with Gasteiger partial charge in [-0.3, -0.25) is 9.69 Å². The molecule has 1 saturated carbocycles. The highest BCUT2D eigenvalue weighted by Gasteiger charge is 2.55. The summed E-state index contributed by atoms with van der Waals surface area (Å²) in [5.41, 5.74) is 4.92. The number of hydrogen-bond acceptors (Lipinski definition) is 4. The van der Waals surface area contributed by atoms with E-state index < -0.39 is 17.7 Å². The molecule has 6 heteroatoms. The van der Waals surface area contributed by atoms with Crippen molar-refractivity contribution in [1.82, 2.24) is 10.2 Å². The maximum atomic E-state index is 12.5. The Morgan fingerprint density at radius 2 is 2.28 bits per heavy atom. The molecule has 1 saturated heterocycles. The number of nitrogens with two attached hydrogens (primary N) is 1. The summed E-state index contributed by atoms with van der Waals surface area (Å²) in [6.45, 7) is 2.01. The number of nitrogens with zero attached hydrogens (tertiary/aromatic N) is 1. The van der Waals surface area contributed by atoms with Gasteiger partial charge in [-0.05, 0) is 26.3 Å². The predicted octanol–water partition coefficient (Wildman–Crippen LogP) is -0.193. The second-order valence-electron chi connectivity index (χ2n) is 5.34. The highest BCUT2D eigenvalue weighted by atomic mass is 16.3. The lowest BCUT2D eigenvalue weighted by Gasteiger charge is -2.38. The van der Waals surface area contributed by atoms with Crippen molar-refractivity contribution >= 4 is 11.9 Å². The van der Waals surface area contributed by atoms with Crippen molar-refractivity contribution < 1.29 is 14.7 Å². The first-order valence-electron chi connectivity index (χ1n) is 6.53. The quantitative estimate of drug-likeness (QED) is 0.609. The van der Waals surface area contributed by atoms with Gasteiger partial charge in [0.15, 0.2) is 0 Å². The lowest BCUT2D eigenvalue weighted by molar-refractivity contribution is -0.135. The van der Waals surface area contributed by atoms with Crippen LogP contribution < -0.4 is 11.1 Å². The molecular formula is C12H21N3O3. The largest absolute Gasteiger partial charge is 0.392 e. The summed E-state index contributed by atoms with van der Waals surface area (Å²) in [6.07, 6.45) is 2.77. The fourth-order valence-electron chi connectivity index (χ4n) is 3.09. The lowest BCUT2D eigenvalue weighted by atomic mass is 9.72. The number of urea groups is 1. The molecule has 18 heavy (non-hydrogen) atoms. The van der Waals surface area contributed by atoms with Gasteiger partial charge in [-0.15, -0.1) is 0 Å². The van der Waals surface area contributed by atoms with E-state index in [-0.39, 0.29) is 18.4 Å². The van der Waals surface area contributed by atoms with Crippen LogP contribution in [0.2, 0.25) is 0 Å². The van der Waals surface area contributed by atoms with Gasteiger partial charge in [-0.25, -0.2) is 4.79 Å². The zero-order chi connectivity index (χ0) is 13.3. The van der Waals surface area contributed by atoms with E-state index in [0.29, 0.717) is 13.0 Å². The number of hydrogen-bond donors (Lipinski definition) is 3. The third kappa shape index (κ3) is 1.99. The molecule has 0 bridgehead atoms. The van der Waals surface area contributed by atoms with Gasteiger partial charge < -0.3 is 16.2 Å². The van der Waals surface area contributed by atoms with Crippen molar-refractivity contribution in [2.45, 2.75) is 44.2 Å². The Morgan fingerprint density at radius 1 is 1.56 bits per heavy atom. The molecule has 1 aliphatic carbocycles. The first-order chi connectivity index (χ1) is 8.51. The SMILES string of the molecule is CC(O)CN1C(=O)NC2(CCCCC2CN)C1=O. The minimum atomic E-state index is -0.820. The molecule has 0 aromatic heterocycles. The van der Waals surface area contributed by atoms with Gasteiger partial charge in [-0.1, -0.05) is 12.8 Å². The number of carbonyl (C=O) groups is 2. The molecule has 1 spiro atoms. The van der Waals surface area contributed by atoms with Crippen LogP contribution in [0, 0.1) is 5.92 Å². The Bertz CT molecular complexity index is 358. The molecule has 2 aliphatic rings. The van der Waals surface area contributed by atoms with E-state index in [0.717, 1.165) is 24.2 Å². The molecule has 0 radical (unpaired) electrons. The molecule has 3 amide bonds. The third-order valence-electron chi connectivity index (χ3n) is 4.00. The number of amides is 3. The molecule has 3 atom stereocenters. The van der Waals surface area contributed by atoms with Crippen molar-refractivity contribution in [2.75, 3.05) is 13.1 Å². The van der Waals surface area contributed by atoms with E-state index in [2.05, 4.69) is 5.32 Å². The lowest BCUT2D eigenvalue weighted by Crippen LogP contribution is -2.57. The van der Waals surface area contributed by atoms with Crippen LogP contribution in [0.3, 0.4) is 0 Å². The van der Waals surface area contributed by atoms with Gasteiger partial charge in [0.05, 0.1) is 12.6 Å². The summed E-state index contributed by atoms with van der Waals surface area (Å²) in [5.74, 6) is -0.217. The van der Waals surface area contributed by atoms with Crippen LogP contribution in [0.15, 0.2) is 0 Å². The Kier molecular flexibility index (Phi) is 3.59. The molecule has 6 nitrogen and oxygen atoms in total. The van der Waals surface area contributed by atoms with Crippen LogP contribution >= 0.6 is 0 Å². The minimum absolute atomic E-state index is 0.00157. The number of imide groups is 1. The van der Waals surface area contributed by atoms with Gasteiger partial charge in [0.25, 0.3) is 5.91 Å².